The lowest BCUT2D eigenvalue weighted by atomic mass is 10.2. The minimum atomic E-state index is -4.61. The van der Waals surface area contributed by atoms with Crippen molar-refractivity contribution in [3.63, 3.8) is 0 Å². The summed E-state index contributed by atoms with van der Waals surface area (Å²) in [4.78, 5) is 18.1. The highest BCUT2D eigenvalue weighted by atomic mass is 19.4. The van der Waals surface area contributed by atoms with Crippen molar-refractivity contribution in [3.05, 3.63) is 34.9 Å². The van der Waals surface area contributed by atoms with Crippen LogP contribution >= 0.6 is 0 Å². The SMILES string of the molecule is Cc1nn(-c2nccc(C(F)(F)F)n2)c(C)c1C(=O)O. The average Bonchev–Trinajstić information content (AvgIpc) is 2.64. The number of hydrogen-bond donors (Lipinski definition) is 1. The molecule has 0 bridgehead atoms. The number of rotatable bonds is 2. The number of carboxylic acid groups (broad SMARTS) is 1. The molecule has 0 atom stereocenters. The third-order valence-electron chi connectivity index (χ3n) is 2.63. The zero-order valence-electron chi connectivity index (χ0n) is 10.4. The van der Waals surface area contributed by atoms with Gasteiger partial charge in [0.1, 0.15) is 11.3 Å². The molecular weight excluding hydrogens is 277 g/mol. The quantitative estimate of drug-likeness (QED) is 0.913. The number of carbonyl (C=O) groups is 1. The molecule has 2 aromatic heterocycles. The van der Waals surface area contributed by atoms with Crippen molar-refractivity contribution in [2.45, 2.75) is 20.0 Å². The number of halogens is 3. The molecule has 6 nitrogen and oxygen atoms in total. The van der Waals surface area contributed by atoms with Gasteiger partial charge in [-0.2, -0.15) is 18.3 Å². The molecule has 2 aromatic rings. The second-order valence-electron chi connectivity index (χ2n) is 4.00. The van der Waals surface area contributed by atoms with Crippen molar-refractivity contribution < 1.29 is 23.1 Å². The van der Waals surface area contributed by atoms with E-state index in [1.54, 1.807) is 0 Å². The fourth-order valence-corrected chi connectivity index (χ4v) is 1.76. The molecule has 0 aromatic carbocycles. The Hall–Kier alpha value is -2.45. The molecule has 9 heteroatoms. The zero-order valence-corrected chi connectivity index (χ0v) is 10.4. The van der Waals surface area contributed by atoms with Gasteiger partial charge in [0.05, 0.1) is 11.4 Å². The Morgan fingerprint density at radius 2 is 2.00 bits per heavy atom. The van der Waals surface area contributed by atoms with E-state index in [9.17, 15) is 18.0 Å². The maximum Gasteiger partial charge on any atom is 0.433 e. The molecule has 1 N–H and O–H groups in total. The summed E-state index contributed by atoms with van der Waals surface area (Å²) >= 11 is 0. The molecular formula is C11H9F3N4O2. The van der Waals surface area contributed by atoms with Crippen LogP contribution in [-0.4, -0.2) is 30.8 Å². The van der Waals surface area contributed by atoms with E-state index >= 15 is 0 Å². The van der Waals surface area contributed by atoms with E-state index in [0.717, 1.165) is 16.9 Å². The second kappa shape index (κ2) is 4.58. The summed E-state index contributed by atoms with van der Waals surface area (Å²) in [5.74, 6) is -1.54. The number of carboxylic acids is 1. The smallest absolute Gasteiger partial charge is 0.433 e. The fraction of sp³-hybridized carbons (Fsp3) is 0.273. The molecule has 0 aliphatic carbocycles. The Morgan fingerprint density at radius 1 is 1.35 bits per heavy atom. The van der Waals surface area contributed by atoms with Crippen LogP contribution in [0.1, 0.15) is 27.4 Å². The van der Waals surface area contributed by atoms with Crippen molar-refractivity contribution in [1.29, 1.82) is 0 Å². The van der Waals surface area contributed by atoms with Crippen molar-refractivity contribution in [2.24, 2.45) is 0 Å². The van der Waals surface area contributed by atoms with Gasteiger partial charge in [0.2, 0.25) is 0 Å². The van der Waals surface area contributed by atoms with Gasteiger partial charge in [-0.05, 0) is 19.9 Å². The van der Waals surface area contributed by atoms with Crippen molar-refractivity contribution in [2.75, 3.05) is 0 Å². The van der Waals surface area contributed by atoms with E-state index in [0.29, 0.717) is 0 Å². The van der Waals surface area contributed by atoms with Crippen LogP contribution in [0.3, 0.4) is 0 Å². The van der Waals surface area contributed by atoms with Crippen LogP contribution in [0.2, 0.25) is 0 Å². The first-order valence-electron chi connectivity index (χ1n) is 5.42. The highest BCUT2D eigenvalue weighted by Crippen LogP contribution is 2.27. The standard InChI is InChI=1S/C11H9F3N4O2/c1-5-8(9(19)20)6(2)18(17-5)10-15-4-3-7(16-10)11(12,13)14/h3-4H,1-2H3,(H,19,20). The first-order chi connectivity index (χ1) is 9.21. The lowest BCUT2D eigenvalue weighted by molar-refractivity contribution is -0.141. The Kier molecular flexibility index (Phi) is 3.20. The highest BCUT2D eigenvalue weighted by molar-refractivity contribution is 5.90. The predicted molar refractivity (Wildman–Crippen MR) is 60.6 cm³/mol. The fourth-order valence-electron chi connectivity index (χ4n) is 1.76. The molecule has 0 aliphatic rings. The number of aryl methyl sites for hydroxylation is 1. The average molecular weight is 286 g/mol. The molecule has 0 saturated heterocycles. The molecule has 0 saturated carbocycles. The number of nitrogens with zero attached hydrogens (tertiary/aromatic N) is 4. The molecule has 2 heterocycles. The summed E-state index contributed by atoms with van der Waals surface area (Å²) in [5.41, 5.74) is -0.858. The van der Waals surface area contributed by atoms with Crippen LogP contribution in [0.25, 0.3) is 5.95 Å². The largest absolute Gasteiger partial charge is 0.478 e. The Bertz CT molecular complexity index is 679. The molecule has 106 valence electrons. The summed E-state index contributed by atoms with van der Waals surface area (Å²) in [6.07, 6.45) is -3.66. The number of aromatic nitrogens is 4. The number of alkyl halides is 3. The van der Waals surface area contributed by atoms with Gasteiger partial charge in [0, 0.05) is 6.20 Å². The Balaban J connectivity index is 2.58. The van der Waals surface area contributed by atoms with Crippen LogP contribution in [0.15, 0.2) is 12.3 Å². The predicted octanol–water partition coefficient (Wildman–Crippen LogP) is 2.00. The first kappa shape index (κ1) is 14.0. The van der Waals surface area contributed by atoms with Crippen molar-refractivity contribution >= 4 is 5.97 Å². The summed E-state index contributed by atoms with van der Waals surface area (Å²) < 4.78 is 38.7. The van der Waals surface area contributed by atoms with E-state index in [4.69, 9.17) is 5.11 Å². The van der Waals surface area contributed by atoms with E-state index in [2.05, 4.69) is 15.1 Å². The third-order valence-corrected chi connectivity index (χ3v) is 2.63. The van der Waals surface area contributed by atoms with E-state index in [-0.39, 0.29) is 22.9 Å². The van der Waals surface area contributed by atoms with Crippen LogP contribution in [0.4, 0.5) is 13.2 Å². The lowest BCUT2D eigenvalue weighted by Gasteiger charge is -2.07. The zero-order chi connectivity index (χ0) is 15.1. The van der Waals surface area contributed by atoms with Crippen LogP contribution < -0.4 is 0 Å². The minimum absolute atomic E-state index is 0.0778. The normalized spacial score (nSPS) is 11.7. The molecule has 20 heavy (non-hydrogen) atoms. The van der Waals surface area contributed by atoms with Gasteiger partial charge in [-0.15, -0.1) is 0 Å². The Morgan fingerprint density at radius 3 is 2.50 bits per heavy atom. The van der Waals surface area contributed by atoms with Gasteiger partial charge in [-0.3, -0.25) is 0 Å². The second-order valence-corrected chi connectivity index (χ2v) is 4.00. The van der Waals surface area contributed by atoms with E-state index < -0.39 is 17.8 Å². The minimum Gasteiger partial charge on any atom is -0.478 e. The summed E-state index contributed by atoms with van der Waals surface area (Å²) in [7, 11) is 0. The summed E-state index contributed by atoms with van der Waals surface area (Å²) in [6.45, 7) is 2.87. The van der Waals surface area contributed by atoms with Crippen LogP contribution in [0.5, 0.6) is 0 Å². The van der Waals surface area contributed by atoms with Crippen molar-refractivity contribution in [1.82, 2.24) is 19.7 Å². The maximum absolute atomic E-state index is 12.6. The molecule has 0 spiro atoms. The lowest BCUT2D eigenvalue weighted by Crippen LogP contribution is -2.13. The molecule has 0 amide bonds. The molecule has 0 radical (unpaired) electrons. The molecule has 0 fully saturated rings. The first-order valence-corrected chi connectivity index (χ1v) is 5.42. The van der Waals surface area contributed by atoms with Crippen LogP contribution in [-0.2, 0) is 6.18 Å². The van der Waals surface area contributed by atoms with Gasteiger partial charge >= 0.3 is 12.1 Å². The topological polar surface area (TPSA) is 80.9 Å². The van der Waals surface area contributed by atoms with E-state index in [1.807, 2.05) is 0 Å². The van der Waals surface area contributed by atoms with Gasteiger partial charge in [0.15, 0.2) is 0 Å². The van der Waals surface area contributed by atoms with Gasteiger partial charge in [0.25, 0.3) is 5.95 Å². The molecule has 0 aliphatic heterocycles. The number of hydrogen-bond acceptors (Lipinski definition) is 4. The Labute approximate surface area is 110 Å². The van der Waals surface area contributed by atoms with Gasteiger partial charge in [-0.1, -0.05) is 0 Å². The van der Waals surface area contributed by atoms with Crippen molar-refractivity contribution in [3.8, 4) is 5.95 Å². The number of aromatic carboxylic acids is 1. The molecule has 0 unspecified atom stereocenters. The third kappa shape index (κ3) is 2.33. The summed E-state index contributed by atoms with van der Waals surface area (Å²) in [6, 6.07) is 0.729. The van der Waals surface area contributed by atoms with Crippen LogP contribution in [0, 0.1) is 13.8 Å². The monoisotopic (exact) mass is 286 g/mol. The van der Waals surface area contributed by atoms with E-state index in [1.165, 1.54) is 13.8 Å². The maximum atomic E-state index is 12.6. The highest BCUT2D eigenvalue weighted by Gasteiger charge is 2.33. The summed E-state index contributed by atoms with van der Waals surface area (Å²) in [5, 5.41) is 12.9. The molecule has 2 rings (SSSR count). The van der Waals surface area contributed by atoms with Gasteiger partial charge < -0.3 is 5.11 Å². The van der Waals surface area contributed by atoms with Gasteiger partial charge in [-0.25, -0.2) is 19.4 Å².